The van der Waals surface area contributed by atoms with Crippen LogP contribution in [-0.4, -0.2) is 70.2 Å². The van der Waals surface area contributed by atoms with E-state index >= 15 is 0 Å². The van der Waals surface area contributed by atoms with Crippen molar-refractivity contribution in [3.63, 3.8) is 0 Å². The maximum atomic E-state index is 14.8. The standard InChI is InChI=1S/C17H23ClFN7O/c1-10-5-21-17(24-16(10)20-2)23-13-6-22-26(15(13)18)14-3-4-25(7-12(14)19)11-8-27-9-11/h5-6,11-12,14H,3-4,7-9H2,1-2H3,(H2,20,21,23,24)/t12-,14-/m0/s1. The lowest BCUT2D eigenvalue weighted by molar-refractivity contribution is -0.0847. The van der Waals surface area contributed by atoms with Crippen LogP contribution >= 0.6 is 11.6 Å². The number of aromatic nitrogens is 4. The second-order valence-electron chi connectivity index (χ2n) is 6.95. The van der Waals surface area contributed by atoms with E-state index in [1.165, 1.54) is 0 Å². The van der Waals surface area contributed by atoms with Crippen molar-refractivity contribution in [1.82, 2.24) is 24.6 Å². The molecule has 0 radical (unpaired) electrons. The predicted octanol–water partition coefficient (Wildman–Crippen LogP) is 2.40. The van der Waals surface area contributed by atoms with Crippen LogP contribution in [0.4, 0.5) is 21.8 Å². The van der Waals surface area contributed by atoms with Gasteiger partial charge in [-0.15, -0.1) is 0 Å². The summed E-state index contributed by atoms with van der Waals surface area (Å²) in [6.07, 6.45) is 2.93. The van der Waals surface area contributed by atoms with Gasteiger partial charge < -0.3 is 15.4 Å². The number of piperidine rings is 1. The Labute approximate surface area is 162 Å². The van der Waals surface area contributed by atoms with E-state index in [2.05, 4.69) is 30.6 Å². The Balaban J connectivity index is 1.47. The number of likely N-dealkylation sites (tertiary alicyclic amines) is 1. The van der Waals surface area contributed by atoms with Gasteiger partial charge in [0.25, 0.3) is 0 Å². The number of rotatable bonds is 5. The van der Waals surface area contributed by atoms with E-state index < -0.39 is 6.17 Å². The van der Waals surface area contributed by atoms with Crippen molar-refractivity contribution in [3.8, 4) is 0 Å². The molecule has 2 saturated heterocycles. The first-order valence-corrected chi connectivity index (χ1v) is 9.42. The zero-order valence-corrected chi connectivity index (χ0v) is 16.1. The molecule has 0 aliphatic carbocycles. The quantitative estimate of drug-likeness (QED) is 0.804. The van der Waals surface area contributed by atoms with E-state index in [4.69, 9.17) is 16.3 Å². The Hall–Kier alpha value is -1.97. The average molecular weight is 396 g/mol. The average Bonchev–Trinajstić information content (AvgIpc) is 2.96. The van der Waals surface area contributed by atoms with Gasteiger partial charge in [-0.3, -0.25) is 4.90 Å². The van der Waals surface area contributed by atoms with Gasteiger partial charge in [-0.2, -0.15) is 10.1 Å². The highest BCUT2D eigenvalue weighted by atomic mass is 35.5. The third-order valence-corrected chi connectivity index (χ3v) is 5.56. The fourth-order valence-electron chi connectivity index (χ4n) is 3.50. The summed E-state index contributed by atoms with van der Waals surface area (Å²) in [4.78, 5) is 10.8. The maximum Gasteiger partial charge on any atom is 0.229 e. The van der Waals surface area contributed by atoms with Crippen LogP contribution < -0.4 is 10.6 Å². The highest BCUT2D eigenvalue weighted by Gasteiger charge is 2.37. The summed E-state index contributed by atoms with van der Waals surface area (Å²) in [6.45, 7) is 4.50. The number of halogens is 2. The van der Waals surface area contributed by atoms with Gasteiger partial charge in [0, 0.05) is 31.9 Å². The van der Waals surface area contributed by atoms with Crippen LogP contribution in [0.3, 0.4) is 0 Å². The molecule has 27 heavy (non-hydrogen) atoms. The number of anilines is 3. The van der Waals surface area contributed by atoms with E-state index in [0.717, 1.165) is 17.9 Å². The second-order valence-corrected chi connectivity index (χ2v) is 7.31. The number of ether oxygens (including phenoxy) is 1. The Bertz CT molecular complexity index is 813. The zero-order chi connectivity index (χ0) is 19.0. The Morgan fingerprint density at radius 3 is 2.81 bits per heavy atom. The molecule has 2 atom stereocenters. The van der Waals surface area contributed by atoms with Crippen LogP contribution in [0.2, 0.25) is 5.15 Å². The molecule has 146 valence electrons. The van der Waals surface area contributed by atoms with Crippen molar-refractivity contribution in [2.24, 2.45) is 0 Å². The lowest BCUT2D eigenvalue weighted by atomic mass is 10.0. The number of alkyl halides is 1. The maximum absolute atomic E-state index is 14.8. The van der Waals surface area contributed by atoms with Gasteiger partial charge >= 0.3 is 0 Å². The van der Waals surface area contributed by atoms with Crippen LogP contribution in [0.15, 0.2) is 12.4 Å². The molecule has 2 fully saturated rings. The zero-order valence-electron chi connectivity index (χ0n) is 15.3. The van der Waals surface area contributed by atoms with E-state index in [0.29, 0.717) is 49.0 Å². The van der Waals surface area contributed by atoms with Crippen molar-refractivity contribution in [1.29, 1.82) is 0 Å². The van der Waals surface area contributed by atoms with Gasteiger partial charge in [-0.1, -0.05) is 11.6 Å². The fourth-order valence-corrected chi connectivity index (χ4v) is 3.76. The summed E-state index contributed by atoms with van der Waals surface area (Å²) in [5.74, 6) is 1.13. The lowest BCUT2D eigenvalue weighted by Gasteiger charge is -2.42. The molecule has 2 aromatic heterocycles. The molecule has 0 bridgehead atoms. The minimum absolute atomic E-state index is 0.342. The van der Waals surface area contributed by atoms with E-state index in [1.54, 1.807) is 24.1 Å². The third-order valence-electron chi connectivity index (χ3n) is 5.18. The van der Waals surface area contributed by atoms with Crippen molar-refractivity contribution in [3.05, 3.63) is 23.1 Å². The van der Waals surface area contributed by atoms with E-state index in [9.17, 15) is 4.39 Å². The third kappa shape index (κ3) is 3.59. The monoisotopic (exact) mass is 395 g/mol. The summed E-state index contributed by atoms with van der Waals surface area (Å²) >= 11 is 6.48. The van der Waals surface area contributed by atoms with Crippen LogP contribution in [0.1, 0.15) is 18.0 Å². The van der Waals surface area contributed by atoms with Crippen LogP contribution in [0.5, 0.6) is 0 Å². The predicted molar refractivity (Wildman–Crippen MR) is 102 cm³/mol. The Kier molecular flexibility index (Phi) is 5.16. The normalized spacial score (nSPS) is 23.9. The van der Waals surface area contributed by atoms with Crippen LogP contribution in [0.25, 0.3) is 0 Å². The summed E-state index contributed by atoms with van der Waals surface area (Å²) in [5.41, 5.74) is 1.50. The van der Waals surface area contributed by atoms with Crippen molar-refractivity contribution in [2.75, 3.05) is 44.0 Å². The Morgan fingerprint density at radius 1 is 1.33 bits per heavy atom. The molecule has 10 heteroatoms. The summed E-state index contributed by atoms with van der Waals surface area (Å²) in [6, 6.07) is -0.0355. The lowest BCUT2D eigenvalue weighted by Crippen LogP contribution is -2.55. The van der Waals surface area contributed by atoms with Crippen molar-refractivity contribution < 1.29 is 9.13 Å². The molecule has 0 saturated carbocycles. The number of aryl methyl sites for hydroxylation is 1. The van der Waals surface area contributed by atoms with E-state index in [1.807, 2.05) is 6.92 Å². The highest BCUT2D eigenvalue weighted by Crippen LogP contribution is 2.33. The molecule has 0 spiro atoms. The molecule has 0 aromatic carbocycles. The minimum Gasteiger partial charge on any atom is -0.378 e. The Morgan fingerprint density at radius 2 is 2.15 bits per heavy atom. The van der Waals surface area contributed by atoms with Gasteiger partial charge in [0.05, 0.1) is 37.2 Å². The van der Waals surface area contributed by atoms with Gasteiger partial charge in [0.15, 0.2) is 5.15 Å². The summed E-state index contributed by atoms with van der Waals surface area (Å²) in [5, 5.41) is 10.8. The molecule has 0 unspecified atom stereocenters. The van der Waals surface area contributed by atoms with Gasteiger partial charge in [0.1, 0.15) is 12.0 Å². The molecular weight excluding hydrogens is 373 g/mol. The highest BCUT2D eigenvalue weighted by molar-refractivity contribution is 6.32. The minimum atomic E-state index is -1.03. The molecule has 4 heterocycles. The molecular formula is C17H23ClFN7O. The molecule has 4 rings (SSSR count). The van der Waals surface area contributed by atoms with Crippen molar-refractivity contribution >= 4 is 29.1 Å². The summed E-state index contributed by atoms with van der Waals surface area (Å²) < 4.78 is 21.6. The largest absolute Gasteiger partial charge is 0.378 e. The topological polar surface area (TPSA) is 80.1 Å². The molecule has 2 aliphatic rings. The smallest absolute Gasteiger partial charge is 0.229 e. The van der Waals surface area contributed by atoms with Gasteiger partial charge in [0.2, 0.25) is 5.95 Å². The summed E-state index contributed by atoms with van der Waals surface area (Å²) in [7, 11) is 1.80. The second kappa shape index (κ2) is 7.57. The molecule has 8 nitrogen and oxygen atoms in total. The number of hydrogen-bond donors (Lipinski definition) is 2. The first kappa shape index (κ1) is 18.4. The fraction of sp³-hybridized carbons (Fsp3) is 0.588. The SMILES string of the molecule is CNc1nc(Nc2cnn([C@H]3CCN(C4COC4)C[C@@H]3F)c2Cl)ncc1C. The van der Waals surface area contributed by atoms with Crippen LogP contribution in [0, 0.1) is 6.92 Å². The van der Waals surface area contributed by atoms with Gasteiger partial charge in [-0.05, 0) is 13.3 Å². The molecule has 2 aliphatic heterocycles. The first-order valence-electron chi connectivity index (χ1n) is 9.04. The molecule has 2 aromatic rings. The van der Waals surface area contributed by atoms with Crippen LogP contribution in [-0.2, 0) is 4.74 Å². The molecule has 0 amide bonds. The number of hydrogen-bond acceptors (Lipinski definition) is 7. The first-order chi connectivity index (χ1) is 13.1. The van der Waals surface area contributed by atoms with Crippen molar-refractivity contribution in [2.45, 2.75) is 31.6 Å². The number of nitrogens with zero attached hydrogens (tertiary/aromatic N) is 5. The number of nitrogens with one attached hydrogen (secondary N) is 2. The van der Waals surface area contributed by atoms with E-state index in [-0.39, 0.29) is 6.04 Å². The van der Waals surface area contributed by atoms with Gasteiger partial charge in [-0.25, -0.2) is 14.1 Å². The molecule has 2 N–H and O–H groups in total.